The summed E-state index contributed by atoms with van der Waals surface area (Å²) in [5.41, 5.74) is 0.684. The largest absolute Gasteiger partial charge is 0.350 e. The van der Waals surface area contributed by atoms with Gasteiger partial charge in [-0.3, -0.25) is 14.2 Å². The van der Waals surface area contributed by atoms with Crippen LogP contribution in [0, 0.1) is 0 Å². The zero-order chi connectivity index (χ0) is 14.5. The first kappa shape index (κ1) is 15.1. The molecule has 0 bridgehead atoms. The molecule has 1 N–H and O–H groups in total. The van der Waals surface area contributed by atoms with E-state index < -0.39 is 0 Å². The third-order valence-corrected chi connectivity index (χ3v) is 3.46. The van der Waals surface area contributed by atoms with Crippen molar-refractivity contribution in [2.24, 2.45) is 0 Å². The number of nitrogens with one attached hydrogen (secondary N) is 1. The second-order valence-electron chi connectivity index (χ2n) is 4.23. The van der Waals surface area contributed by atoms with E-state index in [1.54, 1.807) is 21.8 Å². The third-order valence-electron chi connectivity index (χ3n) is 2.73. The van der Waals surface area contributed by atoms with Crippen LogP contribution in [0.1, 0.15) is 19.0 Å². The van der Waals surface area contributed by atoms with Crippen molar-refractivity contribution in [2.75, 3.05) is 0 Å². The number of halogens is 2. The van der Waals surface area contributed by atoms with Crippen molar-refractivity contribution >= 4 is 33.4 Å². The standard InChI is InChI=1S/C12H15BrClN5O/c1-2-18-8-10(14)11(17-18)6-15-12(20)3-4-19-7-9(13)5-16-19/h5,7-8H,2-4,6H2,1H3,(H,15,20). The van der Waals surface area contributed by atoms with Crippen molar-refractivity contribution in [3.63, 3.8) is 0 Å². The summed E-state index contributed by atoms with van der Waals surface area (Å²) >= 11 is 9.34. The number of nitrogens with zero attached hydrogens (tertiary/aromatic N) is 4. The number of aromatic nitrogens is 4. The van der Waals surface area contributed by atoms with Crippen molar-refractivity contribution < 1.29 is 4.79 Å². The summed E-state index contributed by atoms with van der Waals surface area (Å²) in [6, 6.07) is 0. The lowest BCUT2D eigenvalue weighted by Gasteiger charge is -2.04. The van der Waals surface area contributed by atoms with Crippen LogP contribution >= 0.6 is 27.5 Å². The molecular formula is C12H15BrClN5O. The van der Waals surface area contributed by atoms with Crippen LogP contribution in [0.2, 0.25) is 5.02 Å². The smallest absolute Gasteiger partial charge is 0.222 e. The molecule has 0 atom stereocenters. The van der Waals surface area contributed by atoms with E-state index in [1.807, 2.05) is 13.1 Å². The Kier molecular flexibility index (Phi) is 5.19. The normalized spacial score (nSPS) is 10.8. The number of aryl methyl sites for hydroxylation is 2. The molecule has 6 nitrogen and oxygen atoms in total. The van der Waals surface area contributed by atoms with E-state index in [1.165, 1.54) is 0 Å². The molecule has 2 aromatic rings. The van der Waals surface area contributed by atoms with Crippen LogP contribution in [0.25, 0.3) is 0 Å². The van der Waals surface area contributed by atoms with E-state index in [0.717, 1.165) is 11.0 Å². The highest BCUT2D eigenvalue weighted by molar-refractivity contribution is 9.10. The van der Waals surface area contributed by atoms with Gasteiger partial charge in [0, 0.05) is 31.9 Å². The van der Waals surface area contributed by atoms with Gasteiger partial charge in [0.15, 0.2) is 0 Å². The molecule has 8 heteroatoms. The number of amides is 1. The molecule has 0 fully saturated rings. The minimum absolute atomic E-state index is 0.0567. The average molecular weight is 361 g/mol. The molecule has 0 aliphatic heterocycles. The maximum Gasteiger partial charge on any atom is 0.222 e. The molecule has 0 aliphatic rings. The van der Waals surface area contributed by atoms with Gasteiger partial charge in [0.25, 0.3) is 0 Å². The lowest BCUT2D eigenvalue weighted by Crippen LogP contribution is -2.24. The molecule has 0 saturated carbocycles. The van der Waals surface area contributed by atoms with E-state index in [0.29, 0.717) is 30.2 Å². The quantitative estimate of drug-likeness (QED) is 0.859. The fourth-order valence-corrected chi connectivity index (χ4v) is 2.21. The number of hydrogen-bond acceptors (Lipinski definition) is 3. The Bertz CT molecular complexity index is 594. The topological polar surface area (TPSA) is 64.7 Å². The monoisotopic (exact) mass is 359 g/mol. The van der Waals surface area contributed by atoms with Gasteiger partial charge in [0.1, 0.15) is 5.69 Å². The minimum atomic E-state index is -0.0567. The zero-order valence-electron chi connectivity index (χ0n) is 11.0. The predicted molar refractivity (Wildman–Crippen MR) is 79.3 cm³/mol. The second kappa shape index (κ2) is 6.90. The van der Waals surface area contributed by atoms with E-state index >= 15 is 0 Å². The average Bonchev–Trinajstić information content (AvgIpc) is 3.00. The Balaban J connectivity index is 1.78. The van der Waals surface area contributed by atoms with Crippen molar-refractivity contribution in [1.82, 2.24) is 24.9 Å². The predicted octanol–water partition coefficient (Wildman–Crippen LogP) is 2.22. The summed E-state index contributed by atoms with van der Waals surface area (Å²) in [4.78, 5) is 11.7. The fourth-order valence-electron chi connectivity index (χ4n) is 1.67. The van der Waals surface area contributed by atoms with Gasteiger partial charge in [-0.2, -0.15) is 10.2 Å². The van der Waals surface area contributed by atoms with E-state index in [9.17, 15) is 4.79 Å². The van der Waals surface area contributed by atoms with Gasteiger partial charge >= 0.3 is 0 Å². The van der Waals surface area contributed by atoms with Crippen molar-refractivity contribution in [2.45, 2.75) is 33.0 Å². The summed E-state index contributed by atoms with van der Waals surface area (Å²) < 4.78 is 4.35. The first-order valence-corrected chi connectivity index (χ1v) is 7.42. The summed E-state index contributed by atoms with van der Waals surface area (Å²) in [5, 5.41) is 11.7. The molecule has 2 aromatic heterocycles. The first-order chi connectivity index (χ1) is 9.58. The van der Waals surface area contributed by atoms with Gasteiger partial charge in [0.05, 0.1) is 22.2 Å². The van der Waals surface area contributed by atoms with Gasteiger partial charge in [-0.15, -0.1) is 0 Å². The van der Waals surface area contributed by atoms with Gasteiger partial charge in [0.2, 0.25) is 5.91 Å². The van der Waals surface area contributed by atoms with Gasteiger partial charge in [-0.05, 0) is 22.9 Å². The third kappa shape index (κ3) is 4.08. The summed E-state index contributed by atoms with van der Waals surface area (Å²) in [5.74, 6) is -0.0567. The van der Waals surface area contributed by atoms with Crippen LogP contribution in [0.3, 0.4) is 0 Å². The van der Waals surface area contributed by atoms with Crippen LogP contribution in [0.15, 0.2) is 23.1 Å². The molecule has 0 spiro atoms. The van der Waals surface area contributed by atoms with E-state index in [2.05, 4.69) is 31.4 Å². The van der Waals surface area contributed by atoms with E-state index in [4.69, 9.17) is 11.6 Å². The first-order valence-electron chi connectivity index (χ1n) is 6.25. The lowest BCUT2D eigenvalue weighted by molar-refractivity contribution is -0.121. The SMILES string of the molecule is CCn1cc(Cl)c(CNC(=O)CCn2cc(Br)cn2)n1. The van der Waals surface area contributed by atoms with Crippen LogP contribution < -0.4 is 5.32 Å². The number of carbonyl (C=O) groups excluding carboxylic acids is 1. The highest BCUT2D eigenvalue weighted by Crippen LogP contribution is 2.13. The number of rotatable bonds is 6. The molecule has 20 heavy (non-hydrogen) atoms. The highest BCUT2D eigenvalue weighted by Gasteiger charge is 2.08. The zero-order valence-corrected chi connectivity index (χ0v) is 13.4. The molecule has 2 heterocycles. The number of hydrogen-bond donors (Lipinski definition) is 1. The Morgan fingerprint density at radius 3 is 2.85 bits per heavy atom. The van der Waals surface area contributed by atoms with Crippen LogP contribution in [0.5, 0.6) is 0 Å². The van der Waals surface area contributed by atoms with Crippen LogP contribution in [-0.2, 0) is 24.4 Å². The molecule has 0 unspecified atom stereocenters. The van der Waals surface area contributed by atoms with Crippen molar-refractivity contribution in [3.05, 3.63) is 33.8 Å². The van der Waals surface area contributed by atoms with Gasteiger partial charge in [-0.25, -0.2) is 0 Å². The molecule has 0 radical (unpaired) electrons. The highest BCUT2D eigenvalue weighted by atomic mass is 79.9. The number of carbonyl (C=O) groups is 1. The Morgan fingerprint density at radius 1 is 1.45 bits per heavy atom. The fraction of sp³-hybridized carbons (Fsp3) is 0.417. The molecule has 0 aliphatic carbocycles. The van der Waals surface area contributed by atoms with Gasteiger partial charge < -0.3 is 5.32 Å². The maximum atomic E-state index is 11.7. The van der Waals surface area contributed by atoms with Crippen molar-refractivity contribution in [1.29, 1.82) is 0 Å². The minimum Gasteiger partial charge on any atom is -0.350 e. The maximum absolute atomic E-state index is 11.7. The molecule has 1 amide bonds. The van der Waals surface area contributed by atoms with Crippen molar-refractivity contribution in [3.8, 4) is 0 Å². The van der Waals surface area contributed by atoms with Crippen LogP contribution in [-0.4, -0.2) is 25.5 Å². The summed E-state index contributed by atoms with van der Waals surface area (Å²) in [7, 11) is 0. The molecule has 0 saturated heterocycles. The second-order valence-corrected chi connectivity index (χ2v) is 5.55. The molecule has 108 valence electrons. The Morgan fingerprint density at radius 2 is 2.25 bits per heavy atom. The molecule has 2 rings (SSSR count). The Hall–Kier alpha value is -1.34. The molecule has 0 aromatic carbocycles. The molecular weight excluding hydrogens is 346 g/mol. The summed E-state index contributed by atoms with van der Waals surface area (Å²) in [6.07, 6.45) is 5.63. The van der Waals surface area contributed by atoms with Gasteiger partial charge in [-0.1, -0.05) is 11.6 Å². The lowest BCUT2D eigenvalue weighted by atomic mass is 10.3. The Labute approximate surface area is 130 Å². The van der Waals surface area contributed by atoms with Crippen LogP contribution in [0.4, 0.5) is 0 Å². The van der Waals surface area contributed by atoms with E-state index in [-0.39, 0.29) is 5.91 Å². The summed E-state index contributed by atoms with van der Waals surface area (Å²) in [6.45, 7) is 3.61.